The predicted octanol–water partition coefficient (Wildman–Crippen LogP) is 1.21. The molecule has 142 valence electrons. The van der Waals surface area contributed by atoms with E-state index >= 15 is 0 Å². The number of rotatable bonds is 6. The Morgan fingerprint density at radius 1 is 1.15 bits per heavy atom. The number of likely N-dealkylation sites (N-methyl/N-ethyl adjacent to an activating group) is 1. The number of benzene rings is 1. The fourth-order valence-corrected chi connectivity index (χ4v) is 2.87. The first-order chi connectivity index (χ1) is 13.1. The number of amides is 2. The first-order valence-corrected chi connectivity index (χ1v) is 8.93. The van der Waals surface area contributed by atoms with E-state index in [-0.39, 0.29) is 23.6 Å². The van der Waals surface area contributed by atoms with Crippen molar-refractivity contribution in [2.24, 2.45) is 0 Å². The van der Waals surface area contributed by atoms with Gasteiger partial charge in [0.2, 0.25) is 11.8 Å². The van der Waals surface area contributed by atoms with E-state index in [9.17, 15) is 9.59 Å². The number of carbonyl (C=O) groups is 2. The van der Waals surface area contributed by atoms with E-state index in [1.807, 2.05) is 30.3 Å². The molecular weight excluding hydrogens is 346 g/mol. The minimum Gasteiger partial charge on any atom is -0.438 e. The number of aromatic nitrogens is 2. The minimum absolute atomic E-state index is 0.00516. The van der Waals surface area contributed by atoms with Crippen molar-refractivity contribution in [1.29, 1.82) is 0 Å². The van der Waals surface area contributed by atoms with Crippen molar-refractivity contribution >= 4 is 11.8 Å². The lowest BCUT2D eigenvalue weighted by atomic mass is 10.0. The second kappa shape index (κ2) is 9.09. The van der Waals surface area contributed by atoms with Gasteiger partial charge in [-0.3, -0.25) is 14.5 Å². The van der Waals surface area contributed by atoms with Crippen LogP contribution >= 0.6 is 0 Å². The molecule has 0 bridgehead atoms. The van der Waals surface area contributed by atoms with Crippen LogP contribution in [0, 0.1) is 0 Å². The molecule has 1 aromatic carbocycles. The normalized spacial score (nSPS) is 15.1. The highest BCUT2D eigenvalue weighted by Gasteiger charge is 2.22. The average molecular weight is 369 g/mol. The molecule has 1 aromatic heterocycles. The van der Waals surface area contributed by atoms with Gasteiger partial charge in [-0.1, -0.05) is 18.2 Å². The van der Waals surface area contributed by atoms with Crippen LogP contribution in [0.25, 0.3) is 0 Å². The van der Waals surface area contributed by atoms with Crippen LogP contribution < -0.4 is 15.4 Å². The Kier molecular flexibility index (Phi) is 6.32. The van der Waals surface area contributed by atoms with Crippen LogP contribution in [-0.4, -0.2) is 59.4 Å². The fourth-order valence-electron chi connectivity index (χ4n) is 2.87. The summed E-state index contributed by atoms with van der Waals surface area (Å²) in [5, 5.41) is 5.60. The van der Waals surface area contributed by atoms with Gasteiger partial charge in [0.05, 0.1) is 18.9 Å². The predicted molar refractivity (Wildman–Crippen MR) is 99.5 cm³/mol. The molecule has 0 radical (unpaired) electrons. The van der Waals surface area contributed by atoms with Crippen LogP contribution in [-0.2, 0) is 4.79 Å². The maximum absolute atomic E-state index is 12.4. The summed E-state index contributed by atoms with van der Waals surface area (Å²) < 4.78 is 5.57. The summed E-state index contributed by atoms with van der Waals surface area (Å²) in [6.45, 7) is 1.94. The lowest BCUT2D eigenvalue weighted by Gasteiger charge is -2.31. The lowest BCUT2D eigenvalue weighted by molar-refractivity contribution is -0.122. The molecule has 2 amide bonds. The van der Waals surface area contributed by atoms with Gasteiger partial charge in [0.15, 0.2) is 0 Å². The summed E-state index contributed by atoms with van der Waals surface area (Å²) in [6.07, 6.45) is 4.44. The van der Waals surface area contributed by atoms with Gasteiger partial charge in [-0.2, -0.15) is 0 Å². The van der Waals surface area contributed by atoms with Crippen molar-refractivity contribution in [3.63, 3.8) is 0 Å². The molecule has 2 N–H and O–H groups in total. The number of likely N-dealkylation sites (tertiary alicyclic amines) is 1. The zero-order valence-electron chi connectivity index (χ0n) is 15.2. The Hall–Kier alpha value is -3.00. The molecule has 8 nitrogen and oxygen atoms in total. The lowest BCUT2D eigenvalue weighted by Crippen LogP contribution is -2.47. The third-order valence-corrected chi connectivity index (χ3v) is 4.40. The summed E-state index contributed by atoms with van der Waals surface area (Å²) >= 11 is 0. The van der Waals surface area contributed by atoms with Crippen molar-refractivity contribution < 1.29 is 14.3 Å². The van der Waals surface area contributed by atoms with E-state index in [2.05, 4.69) is 25.5 Å². The highest BCUT2D eigenvalue weighted by Crippen LogP contribution is 2.17. The maximum atomic E-state index is 12.4. The van der Waals surface area contributed by atoms with Crippen LogP contribution in [0.4, 0.5) is 0 Å². The van der Waals surface area contributed by atoms with Crippen LogP contribution in [0.1, 0.15) is 23.3 Å². The highest BCUT2D eigenvalue weighted by atomic mass is 16.5. The van der Waals surface area contributed by atoms with Crippen molar-refractivity contribution in [2.75, 3.05) is 26.7 Å². The number of nitrogens with zero attached hydrogens (tertiary/aromatic N) is 3. The fraction of sp³-hybridized carbons (Fsp3) is 0.368. The second-order valence-electron chi connectivity index (χ2n) is 6.35. The molecule has 0 saturated carbocycles. The van der Waals surface area contributed by atoms with Crippen molar-refractivity contribution in [1.82, 2.24) is 25.5 Å². The third-order valence-electron chi connectivity index (χ3n) is 4.40. The number of hydrogen-bond donors (Lipinski definition) is 2. The van der Waals surface area contributed by atoms with Gasteiger partial charge in [0.1, 0.15) is 11.4 Å². The van der Waals surface area contributed by atoms with E-state index in [1.54, 1.807) is 7.05 Å². The number of nitrogens with one attached hydrogen (secondary N) is 2. The average Bonchev–Trinajstić information content (AvgIpc) is 2.70. The zero-order valence-corrected chi connectivity index (χ0v) is 15.2. The van der Waals surface area contributed by atoms with Crippen molar-refractivity contribution in [2.45, 2.75) is 18.9 Å². The molecule has 2 heterocycles. The van der Waals surface area contributed by atoms with Crippen LogP contribution in [0.5, 0.6) is 11.6 Å². The third kappa shape index (κ3) is 5.49. The smallest absolute Gasteiger partial charge is 0.271 e. The molecule has 1 aliphatic rings. The molecule has 1 fully saturated rings. The molecule has 0 aliphatic carbocycles. The zero-order chi connectivity index (χ0) is 19.1. The highest BCUT2D eigenvalue weighted by molar-refractivity contribution is 5.92. The second-order valence-corrected chi connectivity index (χ2v) is 6.35. The summed E-state index contributed by atoms with van der Waals surface area (Å²) in [4.78, 5) is 34.1. The number of carbonyl (C=O) groups excluding carboxylic acids is 2. The van der Waals surface area contributed by atoms with E-state index in [0.717, 1.165) is 25.9 Å². The van der Waals surface area contributed by atoms with Crippen LogP contribution in [0.15, 0.2) is 42.7 Å². The van der Waals surface area contributed by atoms with Gasteiger partial charge in [-0.05, 0) is 25.0 Å². The van der Waals surface area contributed by atoms with Gasteiger partial charge >= 0.3 is 0 Å². The summed E-state index contributed by atoms with van der Waals surface area (Å²) in [6, 6.07) is 9.34. The molecule has 1 saturated heterocycles. The summed E-state index contributed by atoms with van der Waals surface area (Å²) in [5.41, 5.74) is 0.253. The number of ether oxygens (including phenoxy) is 1. The minimum atomic E-state index is -0.251. The summed E-state index contributed by atoms with van der Waals surface area (Å²) in [7, 11) is 1.63. The molecule has 27 heavy (non-hydrogen) atoms. The molecule has 3 rings (SSSR count). The Labute approximate surface area is 158 Å². The van der Waals surface area contributed by atoms with Gasteiger partial charge in [0, 0.05) is 26.2 Å². The van der Waals surface area contributed by atoms with E-state index in [1.165, 1.54) is 12.4 Å². The van der Waals surface area contributed by atoms with Crippen molar-refractivity contribution in [3.05, 3.63) is 48.4 Å². The number of hydrogen-bond acceptors (Lipinski definition) is 6. The van der Waals surface area contributed by atoms with E-state index < -0.39 is 0 Å². The molecule has 1 aliphatic heterocycles. The Morgan fingerprint density at radius 3 is 2.52 bits per heavy atom. The Bertz CT molecular complexity index is 759. The Balaban J connectivity index is 1.48. The topological polar surface area (TPSA) is 96.5 Å². The van der Waals surface area contributed by atoms with Gasteiger partial charge < -0.3 is 15.4 Å². The standard InChI is InChI=1S/C19H23N5O3/c1-20-17(25)13-24-9-7-14(8-10-24)23-19(26)16-11-22-18(12-21-16)27-15-5-3-2-4-6-15/h2-6,11-12,14H,7-10,13H2,1H3,(H,20,25)(H,23,26). The Morgan fingerprint density at radius 2 is 1.89 bits per heavy atom. The number of para-hydroxylation sites is 1. The summed E-state index contributed by atoms with van der Waals surface area (Å²) in [5.74, 6) is 0.747. The molecule has 8 heteroatoms. The monoisotopic (exact) mass is 369 g/mol. The van der Waals surface area contributed by atoms with Gasteiger partial charge in [-0.15, -0.1) is 0 Å². The molecular formula is C19H23N5O3. The van der Waals surface area contributed by atoms with E-state index in [0.29, 0.717) is 18.2 Å². The SMILES string of the molecule is CNC(=O)CN1CCC(NC(=O)c2cnc(Oc3ccccc3)cn2)CC1. The van der Waals surface area contributed by atoms with E-state index in [4.69, 9.17) is 4.74 Å². The first kappa shape index (κ1) is 18.8. The van der Waals surface area contributed by atoms with Crippen molar-refractivity contribution in [3.8, 4) is 11.6 Å². The quantitative estimate of drug-likeness (QED) is 0.795. The molecule has 0 atom stereocenters. The maximum Gasteiger partial charge on any atom is 0.271 e. The molecule has 0 unspecified atom stereocenters. The largest absolute Gasteiger partial charge is 0.438 e. The van der Waals surface area contributed by atoms with Gasteiger partial charge in [-0.25, -0.2) is 9.97 Å². The van der Waals surface area contributed by atoms with Crippen LogP contribution in [0.3, 0.4) is 0 Å². The molecule has 0 spiro atoms. The van der Waals surface area contributed by atoms with Gasteiger partial charge in [0.25, 0.3) is 5.91 Å². The van der Waals surface area contributed by atoms with Crippen LogP contribution in [0.2, 0.25) is 0 Å². The number of piperidine rings is 1. The first-order valence-electron chi connectivity index (χ1n) is 8.93. The molecule has 2 aromatic rings.